The van der Waals surface area contributed by atoms with Crippen molar-refractivity contribution in [2.45, 2.75) is 18.8 Å². The molecule has 1 aromatic carbocycles. The van der Waals surface area contributed by atoms with Crippen molar-refractivity contribution in [2.24, 2.45) is 11.8 Å². The van der Waals surface area contributed by atoms with Gasteiger partial charge in [0.05, 0.1) is 0 Å². The number of rotatable bonds is 4. The third-order valence-corrected chi connectivity index (χ3v) is 5.12. The average molecular weight is 327 g/mol. The van der Waals surface area contributed by atoms with Crippen LogP contribution in [0.15, 0.2) is 18.2 Å². The molecule has 3 rings (SSSR count). The molecule has 1 aromatic rings. The summed E-state index contributed by atoms with van der Waals surface area (Å²) in [7, 11) is 1.96. The van der Waals surface area contributed by atoms with Crippen molar-refractivity contribution in [3.8, 4) is 0 Å². The molecular weight excluding hydrogens is 307 g/mol. The van der Waals surface area contributed by atoms with Crippen molar-refractivity contribution >= 4 is 29.1 Å². The van der Waals surface area contributed by atoms with Crippen LogP contribution in [0.25, 0.3) is 0 Å². The molecule has 1 saturated carbocycles. The van der Waals surface area contributed by atoms with Gasteiger partial charge in [0.25, 0.3) is 0 Å². The third-order valence-electron chi connectivity index (χ3n) is 4.56. The Balaban J connectivity index is 1.61. The zero-order valence-electron chi connectivity index (χ0n) is 12.1. The predicted molar refractivity (Wildman–Crippen MR) is 85.9 cm³/mol. The van der Waals surface area contributed by atoms with Gasteiger partial charge in [-0.2, -0.15) is 0 Å². The van der Waals surface area contributed by atoms with E-state index < -0.39 is 0 Å². The molecule has 2 fully saturated rings. The van der Waals surface area contributed by atoms with Crippen LogP contribution < -0.4 is 5.32 Å². The summed E-state index contributed by atoms with van der Waals surface area (Å²) in [6.07, 6.45) is 2.01. The smallest absolute Gasteiger partial charge is 0.226 e. The quantitative estimate of drug-likeness (QED) is 0.921. The topological polar surface area (TPSA) is 32.3 Å². The zero-order chi connectivity index (χ0) is 15.0. The molecule has 3 atom stereocenters. The molecule has 1 heterocycles. The Morgan fingerprint density at radius 2 is 2.24 bits per heavy atom. The molecular formula is C16H20Cl2N2O. The Kier molecular flexibility index (Phi) is 4.43. The number of hydrogen-bond acceptors (Lipinski definition) is 2. The molecule has 1 N–H and O–H groups in total. The molecule has 5 heteroatoms. The fourth-order valence-electron chi connectivity index (χ4n) is 3.34. The van der Waals surface area contributed by atoms with Gasteiger partial charge in [0.1, 0.15) is 0 Å². The van der Waals surface area contributed by atoms with Gasteiger partial charge in [-0.15, -0.1) is 0 Å². The molecule has 0 bridgehead atoms. The molecule has 21 heavy (non-hydrogen) atoms. The van der Waals surface area contributed by atoms with Gasteiger partial charge < -0.3 is 10.2 Å². The van der Waals surface area contributed by atoms with Gasteiger partial charge in [-0.25, -0.2) is 0 Å². The van der Waals surface area contributed by atoms with Crippen LogP contribution in [0.3, 0.4) is 0 Å². The Morgan fingerprint density at radius 3 is 2.95 bits per heavy atom. The minimum atomic E-state index is 0.108. The first kappa shape index (κ1) is 15.1. The van der Waals surface area contributed by atoms with E-state index in [9.17, 15) is 4.79 Å². The predicted octanol–water partition coefficient (Wildman–Crippen LogP) is 3.16. The number of nitrogens with zero attached hydrogens (tertiary/aromatic N) is 1. The highest BCUT2D eigenvalue weighted by molar-refractivity contribution is 6.35. The summed E-state index contributed by atoms with van der Waals surface area (Å²) in [5, 5.41) is 4.51. The van der Waals surface area contributed by atoms with Crippen LogP contribution >= 0.6 is 23.2 Å². The van der Waals surface area contributed by atoms with Crippen LogP contribution in [0.5, 0.6) is 0 Å². The third kappa shape index (κ3) is 3.20. The SMILES string of the molecule is CNCC1CCN(C(=O)C2CC2c2ccc(Cl)cc2Cl)C1. The normalized spacial score (nSPS) is 28.0. The Labute approximate surface area is 135 Å². The number of amides is 1. The number of nitrogens with one attached hydrogen (secondary N) is 1. The minimum absolute atomic E-state index is 0.108. The van der Waals surface area contributed by atoms with Crippen molar-refractivity contribution < 1.29 is 4.79 Å². The van der Waals surface area contributed by atoms with Gasteiger partial charge in [-0.05, 0) is 56.0 Å². The van der Waals surface area contributed by atoms with Crippen molar-refractivity contribution in [1.29, 1.82) is 0 Å². The molecule has 3 unspecified atom stereocenters. The van der Waals surface area contributed by atoms with E-state index in [0.717, 1.165) is 38.0 Å². The number of halogens is 2. The second-order valence-electron chi connectivity index (χ2n) is 6.11. The Bertz CT molecular complexity index is 549. The van der Waals surface area contributed by atoms with E-state index in [0.29, 0.717) is 21.9 Å². The summed E-state index contributed by atoms with van der Waals surface area (Å²) < 4.78 is 0. The molecule has 1 aliphatic carbocycles. The van der Waals surface area contributed by atoms with Gasteiger partial charge in [-0.3, -0.25) is 4.79 Å². The Morgan fingerprint density at radius 1 is 1.43 bits per heavy atom. The average Bonchev–Trinajstić information content (AvgIpc) is 3.09. The number of carbonyl (C=O) groups is 1. The number of likely N-dealkylation sites (tertiary alicyclic amines) is 1. The van der Waals surface area contributed by atoms with Crippen LogP contribution in [0.4, 0.5) is 0 Å². The van der Waals surface area contributed by atoms with Crippen LogP contribution in [0, 0.1) is 11.8 Å². The second kappa shape index (κ2) is 6.15. The highest BCUT2D eigenvalue weighted by Gasteiger charge is 2.47. The molecule has 114 valence electrons. The van der Waals surface area contributed by atoms with E-state index in [1.165, 1.54) is 0 Å². The lowest BCUT2D eigenvalue weighted by molar-refractivity contribution is -0.131. The fourth-order valence-corrected chi connectivity index (χ4v) is 3.89. The summed E-state index contributed by atoms with van der Waals surface area (Å²) in [4.78, 5) is 14.6. The van der Waals surface area contributed by atoms with Gasteiger partial charge in [0, 0.05) is 29.1 Å². The highest BCUT2D eigenvalue weighted by atomic mass is 35.5. The first-order valence-electron chi connectivity index (χ1n) is 7.48. The van der Waals surface area contributed by atoms with E-state index >= 15 is 0 Å². The second-order valence-corrected chi connectivity index (χ2v) is 6.95. The maximum Gasteiger partial charge on any atom is 0.226 e. The summed E-state index contributed by atoms with van der Waals surface area (Å²) in [6, 6.07) is 5.56. The standard InChI is InChI=1S/C16H20Cl2N2O/c1-19-8-10-4-5-20(9-10)16(21)14-7-13(14)12-3-2-11(17)6-15(12)18/h2-3,6,10,13-14,19H,4-5,7-9H2,1H3. The maximum absolute atomic E-state index is 12.6. The summed E-state index contributed by atoms with van der Waals surface area (Å²) in [6.45, 7) is 2.76. The van der Waals surface area contributed by atoms with E-state index in [1.807, 2.05) is 24.1 Å². The van der Waals surface area contributed by atoms with E-state index in [1.54, 1.807) is 6.07 Å². The van der Waals surface area contributed by atoms with Crippen LogP contribution in [-0.2, 0) is 4.79 Å². The van der Waals surface area contributed by atoms with Crippen LogP contribution in [0.2, 0.25) is 10.0 Å². The van der Waals surface area contributed by atoms with Crippen molar-refractivity contribution in [2.75, 3.05) is 26.7 Å². The molecule has 0 radical (unpaired) electrons. The molecule has 2 aliphatic rings. The number of carbonyl (C=O) groups excluding carboxylic acids is 1. The lowest BCUT2D eigenvalue weighted by Gasteiger charge is -2.17. The van der Waals surface area contributed by atoms with Gasteiger partial charge in [0.15, 0.2) is 0 Å². The zero-order valence-corrected chi connectivity index (χ0v) is 13.6. The molecule has 0 aromatic heterocycles. The lowest BCUT2D eigenvalue weighted by Crippen LogP contribution is -2.31. The maximum atomic E-state index is 12.6. The van der Waals surface area contributed by atoms with Crippen LogP contribution in [-0.4, -0.2) is 37.5 Å². The molecule has 0 spiro atoms. The number of benzene rings is 1. The molecule has 1 saturated heterocycles. The minimum Gasteiger partial charge on any atom is -0.342 e. The fraction of sp³-hybridized carbons (Fsp3) is 0.562. The van der Waals surface area contributed by atoms with Crippen LogP contribution in [0.1, 0.15) is 24.3 Å². The lowest BCUT2D eigenvalue weighted by atomic mass is 10.1. The van der Waals surface area contributed by atoms with Gasteiger partial charge in [0.2, 0.25) is 5.91 Å². The first-order valence-corrected chi connectivity index (χ1v) is 8.24. The Hall–Kier alpha value is -0.770. The van der Waals surface area contributed by atoms with Crippen molar-refractivity contribution in [3.63, 3.8) is 0 Å². The van der Waals surface area contributed by atoms with Crippen molar-refractivity contribution in [3.05, 3.63) is 33.8 Å². The first-order chi connectivity index (χ1) is 10.1. The molecule has 1 aliphatic heterocycles. The highest BCUT2D eigenvalue weighted by Crippen LogP contribution is 2.51. The summed E-state index contributed by atoms with van der Waals surface area (Å²) in [5.41, 5.74) is 1.06. The molecule has 1 amide bonds. The summed E-state index contributed by atoms with van der Waals surface area (Å²) in [5.74, 6) is 1.27. The van der Waals surface area contributed by atoms with E-state index in [2.05, 4.69) is 5.32 Å². The van der Waals surface area contributed by atoms with E-state index in [4.69, 9.17) is 23.2 Å². The summed E-state index contributed by atoms with van der Waals surface area (Å²) >= 11 is 12.2. The monoisotopic (exact) mass is 326 g/mol. The van der Waals surface area contributed by atoms with Gasteiger partial charge in [-0.1, -0.05) is 29.3 Å². The van der Waals surface area contributed by atoms with Gasteiger partial charge >= 0.3 is 0 Å². The largest absolute Gasteiger partial charge is 0.342 e. The van der Waals surface area contributed by atoms with E-state index in [-0.39, 0.29) is 11.8 Å². The number of hydrogen-bond donors (Lipinski definition) is 1. The van der Waals surface area contributed by atoms with Crippen molar-refractivity contribution in [1.82, 2.24) is 10.2 Å². The molecule has 3 nitrogen and oxygen atoms in total.